The van der Waals surface area contributed by atoms with Crippen molar-refractivity contribution in [3.63, 3.8) is 0 Å². The first-order valence-electron chi connectivity index (χ1n) is 8.46. The van der Waals surface area contributed by atoms with Gasteiger partial charge < -0.3 is 22.9 Å². The molecule has 0 fully saturated rings. The van der Waals surface area contributed by atoms with Crippen molar-refractivity contribution in [3.8, 4) is 0 Å². The molecule has 0 heterocycles. The van der Waals surface area contributed by atoms with Gasteiger partial charge in [0.25, 0.3) is 0 Å². The molecule has 0 aliphatic rings. The van der Waals surface area contributed by atoms with Gasteiger partial charge in [-0.15, -0.1) is 0 Å². The summed E-state index contributed by atoms with van der Waals surface area (Å²) in [6.07, 6.45) is 9.54. The lowest BCUT2D eigenvalue weighted by Gasteiger charge is -1.80. The first kappa shape index (κ1) is 49.6. The standard InChI is InChI=1S/4C4H11N.4BH3/c4*1-2-3-4-5;;;;/h4*2-5H2,1H3;4*1H3. The van der Waals surface area contributed by atoms with Crippen molar-refractivity contribution in [3.05, 3.63) is 0 Å². The third kappa shape index (κ3) is 150. The minimum absolute atomic E-state index is 0. The van der Waals surface area contributed by atoms with Crippen molar-refractivity contribution in [2.45, 2.75) is 79.1 Å². The Hall–Kier alpha value is 0.0997. The highest BCUT2D eigenvalue weighted by atomic mass is 14.5. The molecule has 0 amide bonds. The number of hydrogen-bond acceptors (Lipinski definition) is 4. The molecule has 24 heavy (non-hydrogen) atoms. The van der Waals surface area contributed by atoms with Crippen LogP contribution in [0.5, 0.6) is 0 Å². The summed E-state index contributed by atoms with van der Waals surface area (Å²) >= 11 is 0. The fourth-order valence-corrected chi connectivity index (χ4v) is 0.816. The highest BCUT2D eigenvalue weighted by Gasteiger charge is 1.69. The Morgan fingerprint density at radius 2 is 0.500 bits per heavy atom. The lowest BCUT2D eigenvalue weighted by molar-refractivity contribution is 0.807. The van der Waals surface area contributed by atoms with E-state index in [9.17, 15) is 0 Å². The molecular formula is C16H56B4N4. The molecule has 0 rings (SSSR count). The van der Waals surface area contributed by atoms with E-state index in [-0.39, 0.29) is 33.7 Å². The van der Waals surface area contributed by atoms with Gasteiger partial charge in [0.05, 0.1) is 33.7 Å². The van der Waals surface area contributed by atoms with E-state index in [1.54, 1.807) is 0 Å². The third-order valence-electron chi connectivity index (χ3n) is 2.23. The highest BCUT2D eigenvalue weighted by Crippen LogP contribution is 1.78. The zero-order chi connectivity index (χ0) is 16.5. The SMILES string of the molecule is B.B.B.B.CCCCN.CCCCN.CCCCN.CCCCN. The molecule has 152 valence electrons. The molecule has 0 aliphatic carbocycles. The molecule has 0 aromatic carbocycles. The zero-order valence-electron chi connectivity index (χ0n) is 14.8. The molecular weight excluding hydrogens is 291 g/mol. The summed E-state index contributed by atoms with van der Waals surface area (Å²) in [5, 5.41) is 0. The van der Waals surface area contributed by atoms with E-state index in [2.05, 4.69) is 27.7 Å². The van der Waals surface area contributed by atoms with Gasteiger partial charge in [0, 0.05) is 0 Å². The van der Waals surface area contributed by atoms with Crippen molar-refractivity contribution in [1.29, 1.82) is 0 Å². The molecule has 0 atom stereocenters. The van der Waals surface area contributed by atoms with Crippen LogP contribution >= 0.6 is 0 Å². The van der Waals surface area contributed by atoms with Crippen molar-refractivity contribution in [1.82, 2.24) is 0 Å². The largest absolute Gasteiger partial charge is 0.330 e. The Labute approximate surface area is 162 Å². The predicted molar refractivity (Wildman–Crippen MR) is 136 cm³/mol. The quantitative estimate of drug-likeness (QED) is 0.391. The Morgan fingerprint density at radius 3 is 0.500 bits per heavy atom. The van der Waals surface area contributed by atoms with Crippen LogP contribution in [0.1, 0.15) is 79.1 Å². The number of nitrogens with two attached hydrogens (primary N) is 4. The van der Waals surface area contributed by atoms with E-state index < -0.39 is 0 Å². The maximum absolute atomic E-state index is 5.14. The van der Waals surface area contributed by atoms with Crippen molar-refractivity contribution in [2.75, 3.05) is 26.2 Å². The first-order chi connectivity index (χ1) is 9.66. The predicted octanol–water partition coefficient (Wildman–Crippen LogP) is -1.75. The molecule has 0 aromatic rings. The summed E-state index contributed by atoms with van der Waals surface area (Å²) in [6, 6.07) is 0. The smallest absolute Gasteiger partial charge is 0.0814 e. The Bertz CT molecular complexity index is 84.1. The molecule has 4 nitrogen and oxygen atoms in total. The molecule has 0 aromatic heterocycles. The van der Waals surface area contributed by atoms with Gasteiger partial charge in [-0.1, -0.05) is 53.4 Å². The Kier molecular flexibility index (Phi) is 159. The average molecular weight is 348 g/mol. The van der Waals surface area contributed by atoms with Crippen LogP contribution in [-0.2, 0) is 0 Å². The molecule has 0 saturated heterocycles. The monoisotopic (exact) mass is 348 g/mol. The van der Waals surface area contributed by atoms with Gasteiger partial charge in [-0.25, -0.2) is 0 Å². The van der Waals surface area contributed by atoms with Crippen LogP contribution in [0.25, 0.3) is 0 Å². The highest BCUT2D eigenvalue weighted by molar-refractivity contribution is 5.76. The summed E-state index contributed by atoms with van der Waals surface area (Å²) in [5.74, 6) is 0. The fraction of sp³-hybridized carbons (Fsp3) is 1.00. The number of hydrogen-bond donors (Lipinski definition) is 4. The summed E-state index contributed by atoms with van der Waals surface area (Å²) < 4.78 is 0. The second-order valence-corrected chi connectivity index (χ2v) is 4.57. The molecule has 8 heteroatoms. The second kappa shape index (κ2) is 77.1. The van der Waals surface area contributed by atoms with Crippen LogP contribution in [-0.4, -0.2) is 59.8 Å². The van der Waals surface area contributed by atoms with Gasteiger partial charge in [0.15, 0.2) is 0 Å². The van der Waals surface area contributed by atoms with E-state index in [0.29, 0.717) is 0 Å². The molecule has 0 bridgehead atoms. The second-order valence-electron chi connectivity index (χ2n) is 4.57. The third-order valence-corrected chi connectivity index (χ3v) is 2.23. The van der Waals surface area contributed by atoms with Crippen molar-refractivity contribution >= 4 is 33.7 Å². The summed E-state index contributed by atoms with van der Waals surface area (Å²) in [6.45, 7) is 11.9. The molecule has 8 N–H and O–H groups in total. The van der Waals surface area contributed by atoms with Gasteiger partial charge in [-0.05, 0) is 51.9 Å². The van der Waals surface area contributed by atoms with E-state index in [0.717, 1.165) is 26.2 Å². The van der Waals surface area contributed by atoms with Crippen LogP contribution in [0.3, 0.4) is 0 Å². The van der Waals surface area contributed by atoms with Crippen LogP contribution in [0, 0.1) is 0 Å². The van der Waals surface area contributed by atoms with Gasteiger partial charge in [-0.3, -0.25) is 0 Å². The van der Waals surface area contributed by atoms with Gasteiger partial charge in [-0.2, -0.15) is 0 Å². The molecule has 0 saturated carbocycles. The molecule has 0 radical (unpaired) electrons. The van der Waals surface area contributed by atoms with Crippen LogP contribution in [0.2, 0.25) is 0 Å². The molecule has 0 unspecified atom stereocenters. The first-order valence-corrected chi connectivity index (χ1v) is 8.46. The van der Waals surface area contributed by atoms with Crippen LogP contribution < -0.4 is 22.9 Å². The average Bonchev–Trinajstić information content (AvgIpc) is 2.44. The summed E-state index contributed by atoms with van der Waals surface area (Å²) in [5.41, 5.74) is 20.6. The van der Waals surface area contributed by atoms with E-state index in [1.807, 2.05) is 0 Å². The van der Waals surface area contributed by atoms with Crippen LogP contribution in [0.15, 0.2) is 0 Å². The minimum Gasteiger partial charge on any atom is -0.330 e. The van der Waals surface area contributed by atoms with E-state index in [4.69, 9.17) is 22.9 Å². The van der Waals surface area contributed by atoms with E-state index >= 15 is 0 Å². The Morgan fingerprint density at radius 1 is 0.375 bits per heavy atom. The summed E-state index contributed by atoms with van der Waals surface area (Å²) in [7, 11) is 0. The Balaban J connectivity index is -0.0000000225. The fourth-order valence-electron chi connectivity index (χ4n) is 0.816. The molecule has 0 aliphatic heterocycles. The van der Waals surface area contributed by atoms with Gasteiger partial charge >= 0.3 is 0 Å². The minimum atomic E-state index is 0. The lowest BCUT2D eigenvalue weighted by Crippen LogP contribution is -1.95. The van der Waals surface area contributed by atoms with E-state index in [1.165, 1.54) is 51.4 Å². The maximum atomic E-state index is 5.14. The van der Waals surface area contributed by atoms with Gasteiger partial charge in [0.2, 0.25) is 0 Å². The topological polar surface area (TPSA) is 104 Å². The molecule has 0 spiro atoms. The maximum Gasteiger partial charge on any atom is 0.0814 e. The van der Waals surface area contributed by atoms with Crippen LogP contribution in [0.4, 0.5) is 0 Å². The lowest BCUT2D eigenvalue weighted by atomic mass is 10.3. The number of unbranched alkanes of at least 4 members (excludes halogenated alkanes) is 4. The van der Waals surface area contributed by atoms with Crippen molar-refractivity contribution in [2.24, 2.45) is 22.9 Å². The summed E-state index contributed by atoms with van der Waals surface area (Å²) in [4.78, 5) is 0. The van der Waals surface area contributed by atoms with Gasteiger partial charge in [0.1, 0.15) is 0 Å². The van der Waals surface area contributed by atoms with Crippen molar-refractivity contribution < 1.29 is 0 Å². The zero-order valence-corrected chi connectivity index (χ0v) is 14.8. The normalized spacial score (nSPS) is 7.00. The number of rotatable bonds is 8.